The Labute approximate surface area is 170 Å². The van der Waals surface area contributed by atoms with Crippen molar-refractivity contribution >= 4 is 34.8 Å². The molecule has 2 aromatic rings. The molecule has 2 heterocycles. The molecule has 2 saturated heterocycles. The van der Waals surface area contributed by atoms with Gasteiger partial charge in [-0.05, 0) is 55.3 Å². The Balaban J connectivity index is 1.44. The number of nitrogens with zero attached hydrogens (tertiary/aromatic N) is 3. The molecule has 0 aromatic heterocycles. The molecule has 4 rings (SSSR count). The SMILES string of the molecule is Cc1cccc(N2CCN(C(=O)C3CCC(=O)N3c3ccc(Cl)cc3)CC2)c1. The molecule has 0 aliphatic carbocycles. The van der Waals surface area contributed by atoms with Gasteiger partial charge in [-0.2, -0.15) is 0 Å². The fourth-order valence-electron chi connectivity index (χ4n) is 4.06. The summed E-state index contributed by atoms with van der Waals surface area (Å²) in [4.78, 5) is 31.5. The van der Waals surface area contributed by atoms with Crippen molar-refractivity contribution in [2.75, 3.05) is 36.0 Å². The number of hydrogen-bond acceptors (Lipinski definition) is 3. The molecule has 0 saturated carbocycles. The number of hydrogen-bond donors (Lipinski definition) is 0. The predicted molar refractivity (Wildman–Crippen MR) is 112 cm³/mol. The lowest BCUT2D eigenvalue weighted by atomic mass is 10.1. The van der Waals surface area contributed by atoms with Crippen molar-refractivity contribution in [2.45, 2.75) is 25.8 Å². The number of benzene rings is 2. The maximum absolute atomic E-state index is 13.2. The predicted octanol–water partition coefficient (Wildman–Crippen LogP) is 3.49. The van der Waals surface area contributed by atoms with Gasteiger partial charge in [0.2, 0.25) is 11.8 Å². The molecule has 5 nitrogen and oxygen atoms in total. The van der Waals surface area contributed by atoms with E-state index in [0.717, 1.165) is 18.8 Å². The van der Waals surface area contributed by atoms with E-state index in [1.165, 1.54) is 11.3 Å². The van der Waals surface area contributed by atoms with Crippen molar-refractivity contribution in [3.8, 4) is 0 Å². The van der Waals surface area contributed by atoms with Crippen LogP contribution in [0.1, 0.15) is 18.4 Å². The first kappa shape index (κ1) is 18.8. The van der Waals surface area contributed by atoms with E-state index < -0.39 is 6.04 Å². The minimum Gasteiger partial charge on any atom is -0.368 e. The van der Waals surface area contributed by atoms with Crippen LogP contribution in [0.25, 0.3) is 0 Å². The molecule has 0 N–H and O–H groups in total. The van der Waals surface area contributed by atoms with Crippen LogP contribution in [-0.4, -0.2) is 48.9 Å². The summed E-state index contributed by atoms with van der Waals surface area (Å²) in [5.74, 6) is 0.0451. The number of anilines is 2. The fraction of sp³-hybridized carbons (Fsp3) is 0.364. The molecule has 2 aliphatic heterocycles. The van der Waals surface area contributed by atoms with Gasteiger partial charge < -0.3 is 9.80 Å². The van der Waals surface area contributed by atoms with E-state index in [1.807, 2.05) is 17.0 Å². The molecular formula is C22H24ClN3O2. The van der Waals surface area contributed by atoms with Crippen LogP contribution in [0.2, 0.25) is 5.02 Å². The Hall–Kier alpha value is -2.53. The molecule has 1 unspecified atom stereocenters. The van der Waals surface area contributed by atoms with Crippen molar-refractivity contribution in [1.29, 1.82) is 0 Å². The first-order valence-corrected chi connectivity index (χ1v) is 10.1. The van der Waals surface area contributed by atoms with Gasteiger partial charge in [-0.3, -0.25) is 14.5 Å². The summed E-state index contributed by atoms with van der Waals surface area (Å²) in [5, 5.41) is 0.616. The Bertz CT molecular complexity index is 876. The van der Waals surface area contributed by atoms with Crippen LogP contribution >= 0.6 is 11.6 Å². The molecule has 2 aromatic carbocycles. The second-order valence-electron chi connectivity index (χ2n) is 7.45. The van der Waals surface area contributed by atoms with Gasteiger partial charge in [-0.25, -0.2) is 0 Å². The van der Waals surface area contributed by atoms with Crippen LogP contribution in [0, 0.1) is 6.92 Å². The maximum Gasteiger partial charge on any atom is 0.245 e. The van der Waals surface area contributed by atoms with Gasteiger partial charge in [0.05, 0.1) is 0 Å². The largest absolute Gasteiger partial charge is 0.368 e. The number of carbonyl (C=O) groups is 2. The van der Waals surface area contributed by atoms with Gasteiger partial charge in [0.1, 0.15) is 6.04 Å². The van der Waals surface area contributed by atoms with Crippen LogP contribution < -0.4 is 9.80 Å². The quantitative estimate of drug-likeness (QED) is 0.796. The first-order chi connectivity index (χ1) is 13.5. The van der Waals surface area contributed by atoms with E-state index in [2.05, 4.69) is 36.1 Å². The van der Waals surface area contributed by atoms with Crippen molar-refractivity contribution < 1.29 is 9.59 Å². The highest BCUT2D eigenvalue weighted by atomic mass is 35.5. The van der Waals surface area contributed by atoms with E-state index >= 15 is 0 Å². The number of halogens is 1. The Kier molecular flexibility index (Phi) is 5.27. The summed E-state index contributed by atoms with van der Waals surface area (Å²) in [6.45, 7) is 5.04. The van der Waals surface area contributed by atoms with E-state index in [1.54, 1.807) is 17.0 Å². The molecule has 146 valence electrons. The zero-order valence-electron chi connectivity index (χ0n) is 16.0. The summed E-state index contributed by atoms with van der Waals surface area (Å²) >= 11 is 5.97. The second-order valence-corrected chi connectivity index (χ2v) is 7.88. The van der Waals surface area contributed by atoms with Crippen molar-refractivity contribution in [1.82, 2.24) is 4.90 Å². The fourth-order valence-corrected chi connectivity index (χ4v) is 4.19. The maximum atomic E-state index is 13.2. The van der Waals surface area contributed by atoms with Crippen LogP contribution in [0.3, 0.4) is 0 Å². The second kappa shape index (κ2) is 7.84. The van der Waals surface area contributed by atoms with Gasteiger partial charge in [0.15, 0.2) is 0 Å². The molecule has 0 bridgehead atoms. The van der Waals surface area contributed by atoms with Gasteiger partial charge in [0, 0.05) is 49.0 Å². The number of rotatable bonds is 3. The molecule has 6 heteroatoms. The smallest absolute Gasteiger partial charge is 0.245 e. The van der Waals surface area contributed by atoms with E-state index in [4.69, 9.17) is 11.6 Å². The first-order valence-electron chi connectivity index (χ1n) is 9.71. The zero-order chi connectivity index (χ0) is 19.7. The lowest BCUT2D eigenvalue weighted by molar-refractivity contribution is -0.133. The Morgan fingerprint density at radius 3 is 2.39 bits per heavy atom. The van der Waals surface area contributed by atoms with Gasteiger partial charge in [0.25, 0.3) is 0 Å². The Morgan fingerprint density at radius 1 is 1.00 bits per heavy atom. The van der Waals surface area contributed by atoms with Crippen molar-refractivity contribution in [2.24, 2.45) is 0 Å². The van der Waals surface area contributed by atoms with Crippen molar-refractivity contribution in [3.63, 3.8) is 0 Å². The number of piperazine rings is 1. The van der Waals surface area contributed by atoms with E-state index in [9.17, 15) is 9.59 Å². The molecule has 0 spiro atoms. The summed E-state index contributed by atoms with van der Waals surface area (Å²) in [7, 11) is 0. The summed E-state index contributed by atoms with van der Waals surface area (Å²) in [6.07, 6.45) is 0.973. The molecule has 0 radical (unpaired) electrons. The van der Waals surface area contributed by atoms with Crippen LogP contribution in [0.5, 0.6) is 0 Å². The average Bonchev–Trinajstić information content (AvgIpc) is 3.09. The third-order valence-corrected chi connectivity index (χ3v) is 5.81. The number of carbonyl (C=O) groups excluding carboxylic acids is 2. The third-order valence-electron chi connectivity index (χ3n) is 5.56. The minimum atomic E-state index is -0.417. The van der Waals surface area contributed by atoms with Crippen LogP contribution in [0.4, 0.5) is 11.4 Å². The number of aryl methyl sites for hydroxylation is 1. The monoisotopic (exact) mass is 397 g/mol. The van der Waals surface area contributed by atoms with Gasteiger partial charge in [-0.15, -0.1) is 0 Å². The minimum absolute atomic E-state index is 0.000862. The molecule has 2 aliphatic rings. The summed E-state index contributed by atoms with van der Waals surface area (Å²) in [6, 6.07) is 15.2. The molecule has 1 atom stereocenters. The number of amides is 2. The highest BCUT2D eigenvalue weighted by molar-refractivity contribution is 6.30. The van der Waals surface area contributed by atoms with Crippen LogP contribution in [-0.2, 0) is 9.59 Å². The molecule has 2 amide bonds. The van der Waals surface area contributed by atoms with E-state index in [0.29, 0.717) is 31.0 Å². The van der Waals surface area contributed by atoms with Gasteiger partial charge in [-0.1, -0.05) is 23.7 Å². The highest BCUT2D eigenvalue weighted by Crippen LogP contribution is 2.29. The zero-order valence-corrected chi connectivity index (χ0v) is 16.7. The van der Waals surface area contributed by atoms with E-state index in [-0.39, 0.29) is 11.8 Å². The van der Waals surface area contributed by atoms with Crippen LogP contribution in [0.15, 0.2) is 48.5 Å². The normalized spacial score (nSPS) is 20.0. The lowest BCUT2D eigenvalue weighted by Crippen LogP contribution is -2.54. The Morgan fingerprint density at radius 2 is 1.71 bits per heavy atom. The van der Waals surface area contributed by atoms with Crippen molar-refractivity contribution in [3.05, 3.63) is 59.1 Å². The topological polar surface area (TPSA) is 43.9 Å². The highest BCUT2D eigenvalue weighted by Gasteiger charge is 2.39. The van der Waals surface area contributed by atoms with Gasteiger partial charge >= 0.3 is 0 Å². The molecule has 28 heavy (non-hydrogen) atoms. The molecule has 2 fully saturated rings. The lowest BCUT2D eigenvalue weighted by Gasteiger charge is -2.38. The summed E-state index contributed by atoms with van der Waals surface area (Å²) in [5.41, 5.74) is 3.17. The third kappa shape index (κ3) is 3.72. The molecular weight excluding hydrogens is 374 g/mol. The average molecular weight is 398 g/mol. The standard InChI is InChI=1S/C22H24ClN3O2/c1-16-3-2-4-19(15-16)24-11-13-25(14-12-24)22(28)20-9-10-21(27)26(20)18-7-5-17(23)6-8-18/h2-8,15,20H,9-14H2,1H3. The summed E-state index contributed by atoms with van der Waals surface area (Å²) < 4.78 is 0.